The maximum atomic E-state index is 6.04. The van der Waals surface area contributed by atoms with Crippen molar-refractivity contribution >= 4 is 5.69 Å². The van der Waals surface area contributed by atoms with Gasteiger partial charge in [0, 0.05) is 18.3 Å². The van der Waals surface area contributed by atoms with Crippen LogP contribution in [0.3, 0.4) is 0 Å². The van der Waals surface area contributed by atoms with E-state index in [1.54, 1.807) is 0 Å². The minimum Gasteiger partial charge on any atom is -0.388 e. The highest BCUT2D eigenvalue weighted by Gasteiger charge is 2.39. The van der Waals surface area contributed by atoms with E-state index in [2.05, 4.69) is 29.6 Å². The van der Waals surface area contributed by atoms with Crippen molar-refractivity contribution in [2.75, 3.05) is 12.4 Å². The highest BCUT2D eigenvalue weighted by Crippen LogP contribution is 2.42. The highest BCUT2D eigenvalue weighted by molar-refractivity contribution is 5.46. The van der Waals surface area contributed by atoms with Crippen LogP contribution in [0.4, 0.5) is 5.69 Å². The highest BCUT2D eigenvalue weighted by atomic mass is 14.8. The Hall–Kier alpha value is -1.02. The van der Waals surface area contributed by atoms with E-state index in [1.807, 2.05) is 7.05 Å². The number of hydrogen-bond donors (Lipinski definition) is 2. The first kappa shape index (κ1) is 7.62. The Balaban J connectivity index is 2.25. The summed E-state index contributed by atoms with van der Waals surface area (Å²) in [6, 6.07) is 8.36. The van der Waals surface area contributed by atoms with Crippen molar-refractivity contribution in [2.24, 2.45) is 5.73 Å². The molecular formula is C10H14N2. The summed E-state index contributed by atoms with van der Waals surface area (Å²) in [5.74, 6) is 0. The monoisotopic (exact) mass is 162 g/mol. The molecule has 0 unspecified atom stereocenters. The first-order valence-corrected chi connectivity index (χ1v) is 4.32. The van der Waals surface area contributed by atoms with Crippen molar-refractivity contribution in [3.8, 4) is 0 Å². The molecule has 3 N–H and O–H groups in total. The molecule has 0 aromatic heterocycles. The van der Waals surface area contributed by atoms with Crippen LogP contribution in [0.15, 0.2) is 24.3 Å². The summed E-state index contributed by atoms with van der Waals surface area (Å²) >= 11 is 0. The number of nitrogens with one attached hydrogen (secondary N) is 1. The molecule has 1 aliphatic rings. The minimum absolute atomic E-state index is 0.00622. The predicted molar refractivity (Wildman–Crippen MR) is 51.1 cm³/mol. The molecule has 1 aromatic carbocycles. The van der Waals surface area contributed by atoms with Gasteiger partial charge < -0.3 is 11.1 Å². The molecule has 12 heavy (non-hydrogen) atoms. The second-order valence-corrected chi connectivity index (χ2v) is 3.48. The van der Waals surface area contributed by atoms with Crippen LogP contribution in [0.5, 0.6) is 0 Å². The van der Waals surface area contributed by atoms with E-state index >= 15 is 0 Å². The van der Waals surface area contributed by atoms with Crippen LogP contribution in [0.25, 0.3) is 0 Å². The minimum atomic E-state index is 0.00622. The van der Waals surface area contributed by atoms with Gasteiger partial charge in [0.05, 0.1) is 0 Å². The van der Waals surface area contributed by atoms with Crippen molar-refractivity contribution in [3.05, 3.63) is 29.8 Å². The van der Waals surface area contributed by atoms with E-state index in [9.17, 15) is 0 Å². The quantitative estimate of drug-likeness (QED) is 0.694. The number of hydrogen-bond acceptors (Lipinski definition) is 2. The summed E-state index contributed by atoms with van der Waals surface area (Å²) in [7, 11) is 1.92. The fourth-order valence-electron chi connectivity index (χ4n) is 1.39. The van der Waals surface area contributed by atoms with Gasteiger partial charge in [0.1, 0.15) is 0 Å². The zero-order valence-corrected chi connectivity index (χ0v) is 7.30. The third kappa shape index (κ3) is 1.18. The maximum absolute atomic E-state index is 6.04. The Morgan fingerprint density at radius 1 is 1.25 bits per heavy atom. The lowest BCUT2D eigenvalue weighted by Gasteiger charge is -2.09. The summed E-state index contributed by atoms with van der Waals surface area (Å²) in [6.45, 7) is 0. The van der Waals surface area contributed by atoms with Gasteiger partial charge in [-0.3, -0.25) is 0 Å². The second-order valence-electron chi connectivity index (χ2n) is 3.48. The number of rotatable bonds is 2. The van der Waals surface area contributed by atoms with E-state index in [0.717, 1.165) is 18.5 Å². The van der Waals surface area contributed by atoms with Crippen molar-refractivity contribution in [1.29, 1.82) is 0 Å². The molecule has 0 spiro atoms. The fourth-order valence-corrected chi connectivity index (χ4v) is 1.39. The van der Waals surface area contributed by atoms with Gasteiger partial charge in [-0.25, -0.2) is 0 Å². The molecule has 0 aliphatic heterocycles. The standard InChI is InChI=1S/C10H14N2/c1-12-9-4-2-8(3-5-9)10(11)6-7-10/h2-5,12H,6-7,11H2,1H3. The molecule has 0 saturated heterocycles. The summed E-state index contributed by atoms with van der Waals surface area (Å²) in [6.07, 6.45) is 2.26. The first-order chi connectivity index (χ1) is 5.74. The van der Waals surface area contributed by atoms with Crippen LogP contribution in [-0.4, -0.2) is 7.05 Å². The Morgan fingerprint density at radius 3 is 2.25 bits per heavy atom. The molecule has 0 amide bonds. The lowest BCUT2D eigenvalue weighted by Crippen LogP contribution is -2.18. The molecule has 1 aliphatic carbocycles. The molecule has 2 rings (SSSR count). The van der Waals surface area contributed by atoms with Crippen LogP contribution in [0.2, 0.25) is 0 Å². The number of anilines is 1. The van der Waals surface area contributed by atoms with Gasteiger partial charge in [-0.15, -0.1) is 0 Å². The van der Waals surface area contributed by atoms with Crippen LogP contribution >= 0.6 is 0 Å². The topological polar surface area (TPSA) is 38.0 Å². The van der Waals surface area contributed by atoms with E-state index in [4.69, 9.17) is 5.73 Å². The Morgan fingerprint density at radius 2 is 1.83 bits per heavy atom. The van der Waals surface area contributed by atoms with E-state index in [0.29, 0.717) is 0 Å². The van der Waals surface area contributed by atoms with Crippen LogP contribution < -0.4 is 11.1 Å². The van der Waals surface area contributed by atoms with Crippen LogP contribution in [0.1, 0.15) is 18.4 Å². The maximum Gasteiger partial charge on any atom is 0.0411 e. The van der Waals surface area contributed by atoms with E-state index < -0.39 is 0 Å². The Kier molecular flexibility index (Phi) is 1.58. The zero-order valence-electron chi connectivity index (χ0n) is 7.30. The predicted octanol–water partition coefficient (Wildman–Crippen LogP) is 1.68. The van der Waals surface area contributed by atoms with Crippen molar-refractivity contribution in [1.82, 2.24) is 0 Å². The van der Waals surface area contributed by atoms with Gasteiger partial charge in [0.2, 0.25) is 0 Å². The van der Waals surface area contributed by atoms with Crippen molar-refractivity contribution in [3.63, 3.8) is 0 Å². The molecule has 1 saturated carbocycles. The average molecular weight is 162 g/mol. The van der Waals surface area contributed by atoms with Crippen LogP contribution in [-0.2, 0) is 5.54 Å². The molecule has 2 nitrogen and oxygen atoms in total. The first-order valence-electron chi connectivity index (χ1n) is 4.32. The van der Waals surface area contributed by atoms with Crippen LogP contribution in [0, 0.1) is 0 Å². The summed E-state index contributed by atoms with van der Waals surface area (Å²) in [4.78, 5) is 0. The molecule has 1 aromatic rings. The summed E-state index contributed by atoms with van der Waals surface area (Å²) in [5, 5.41) is 3.09. The SMILES string of the molecule is CNc1ccc(C2(N)CC2)cc1. The normalized spacial score (nSPS) is 18.8. The largest absolute Gasteiger partial charge is 0.388 e. The number of benzene rings is 1. The molecule has 0 heterocycles. The molecule has 64 valence electrons. The molecule has 0 atom stereocenters. The summed E-state index contributed by atoms with van der Waals surface area (Å²) < 4.78 is 0. The Labute approximate surface area is 72.8 Å². The van der Waals surface area contributed by atoms with Gasteiger partial charge in [-0.05, 0) is 30.5 Å². The molecule has 0 bridgehead atoms. The third-order valence-corrected chi connectivity index (χ3v) is 2.54. The third-order valence-electron chi connectivity index (χ3n) is 2.54. The van der Waals surface area contributed by atoms with Gasteiger partial charge >= 0.3 is 0 Å². The summed E-state index contributed by atoms with van der Waals surface area (Å²) in [5.41, 5.74) is 8.45. The molecule has 1 fully saturated rings. The lowest BCUT2D eigenvalue weighted by atomic mass is 10.1. The van der Waals surface area contributed by atoms with Gasteiger partial charge in [-0.1, -0.05) is 12.1 Å². The van der Waals surface area contributed by atoms with Crippen molar-refractivity contribution in [2.45, 2.75) is 18.4 Å². The second kappa shape index (κ2) is 2.49. The van der Waals surface area contributed by atoms with E-state index in [1.165, 1.54) is 5.56 Å². The zero-order chi connectivity index (χ0) is 8.60. The van der Waals surface area contributed by atoms with Gasteiger partial charge in [0.15, 0.2) is 0 Å². The van der Waals surface area contributed by atoms with Crippen molar-refractivity contribution < 1.29 is 0 Å². The lowest BCUT2D eigenvalue weighted by molar-refractivity contribution is 0.740. The average Bonchev–Trinajstić information content (AvgIpc) is 2.85. The van der Waals surface area contributed by atoms with Gasteiger partial charge in [-0.2, -0.15) is 0 Å². The smallest absolute Gasteiger partial charge is 0.0411 e. The Bertz CT molecular complexity index is 272. The van der Waals surface area contributed by atoms with E-state index in [-0.39, 0.29) is 5.54 Å². The van der Waals surface area contributed by atoms with Gasteiger partial charge in [0.25, 0.3) is 0 Å². The number of nitrogens with two attached hydrogens (primary N) is 1. The fraction of sp³-hybridized carbons (Fsp3) is 0.400. The molecular weight excluding hydrogens is 148 g/mol. The molecule has 0 radical (unpaired) electrons. The molecule has 2 heteroatoms.